The van der Waals surface area contributed by atoms with Crippen LogP contribution in [0.2, 0.25) is 0 Å². The molecule has 1 nitrogen and oxygen atoms in total. The van der Waals surface area contributed by atoms with Gasteiger partial charge in [0.05, 0.1) is 5.38 Å². The van der Waals surface area contributed by atoms with Crippen molar-refractivity contribution < 1.29 is 0 Å². The minimum absolute atomic E-state index is 0.138. The second-order valence-electron chi connectivity index (χ2n) is 4.16. The van der Waals surface area contributed by atoms with Gasteiger partial charge in [-0.25, -0.2) is 0 Å². The normalized spacial score (nSPS) is 18.1. The number of alkyl halides is 1. The molecule has 1 unspecified atom stereocenters. The second kappa shape index (κ2) is 4.22. The van der Waals surface area contributed by atoms with Crippen molar-refractivity contribution in [3.05, 3.63) is 29.8 Å². The van der Waals surface area contributed by atoms with Crippen molar-refractivity contribution in [2.75, 3.05) is 5.73 Å². The highest BCUT2D eigenvalue weighted by Crippen LogP contribution is 2.37. The summed E-state index contributed by atoms with van der Waals surface area (Å²) in [5, 5.41) is 0.138. The highest BCUT2D eigenvalue weighted by molar-refractivity contribution is 6.20. The summed E-state index contributed by atoms with van der Waals surface area (Å²) in [7, 11) is 0. The molecule has 2 heteroatoms. The largest absolute Gasteiger partial charge is 0.399 e. The number of anilines is 1. The molecule has 1 fully saturated rings. The number of nitrogens with two attached hydrogens (primary N) is 1. The molecule has 0 heterocycles. The molecule has 1 aromatic rings. The fourth-order valence-corrected chi connectivity index (χ4v) is 1.97. The van der Waals surface area contributed by atoms with Crippen molar-refractivity contribution in [1.29, 1.82) is 0 Å². The van der Waals surface area contributed by atoms with Crippen molar-refractivity contribution in [2.45, 2.75) is 31.1 Å². The lowest BCUT2D eigenvalue weighted by Crippen LogP contribution is -1.93. The zero-order valence-corrected chi connectivity index (χ0v) is 9.00. The minimum atomic E-state index is 0.138. The summed E-state index contributed by atoms with van der Waals surface area (Å²) in [4.78, 5) is 0. The van der Waals surface area contributed by atoms with E-state index in [0.717, 1.165) is 23.6 Å². The van der Waals surface area contributed by atoms with Gasteiger partial charge in [0.2, 0.25) is 0 Å². The molecule has 1 aromatic carbocycles. The highest BCUT2D eigenvalue weighted by atomic mass is 35.5. The Morgan fingerprint density at radius 2 is 2.21 bits per heavy atom. The molecule has 2 N–H and O–H groups in total. The molecule has 14 heavy (non-hydrogen) atoms. The quantitative estimate of drug-likeness (QED) is 0.594. The average molecular weight is 210 g/mol. The third kappa shape index (κ3) is 2.65. The van der Waals surface area contributed by atoms with Crippen LogP contribution in [0.15, 0.2) is 24.3 Å². The molecule has 1 aliphatic carbocycles. The SMILES string of the molecule is Nc1cccc(C(Cl)CCC2CC2)c1. The molecular weight excluding hydrogens is 194 g/mol. The first-order valence-electron chi connectivity index (χ1n) is 5.25. The lowest BCUT2D eigenvalue weighted by molar-refractivity contribution is 0.654. The van der Waals surface area contributed by atoms with Crippen molar-refractivity contribution in [1.82, 2.24) is 0 Å². The summed E-state index contributed by atoms with van der Waals surface area (Å²) in [5.74, 6) is 0.956. The Morgan fingerprint density at radius 3 is 2.86 bits per heavy atom. The lowest BCUT2D eigenvalue weighted by Gasteiger charge is -2.09. The van der Waals surface area contributed by atoms with Crippen LogP contribution in [0.1, 0.15) is 36.6 Å². The number of hydrogen-bond acceptors (Lipinski definition) is 1. The van der Waals surface area contributed by atoms with Gasteiger partial charge in [-0.15, -0.1) is 11.6 Å². The summed E-state index contributed by atoms with van der Waals surface area (Å²) >= 11 is 6.29. The van der Waals surface area contributed by atoms with Gasteiger partial charge in [0, 0.05) is 5.69 Å². The number of hydrogen-bond donors (Lipinski definition) is 1. The third-order valence-electron chi connectivity index (χ3n) is 2.80. The van der Waals surface area contributed by atoms with E-state index in [9.17, 15) is 0 Å². The maximum absolute atomic E-state index is 6.29. The molecular formula is C12H16ClN. The van der Waals surface area contributed by atoms with E-state index in [-0.39, 0.29) is 5.38 Å². The van der Waals surface area contributed by atoms with E-state index in [1.165, 1.54) is 19.3 Å². The van der Waals surface area contributed by atoms with Gasteiger partial charge in [-0.05, 0) is 36.5 Å². The first-order chi connectivity index (χ1) is 6.75. The maximum Gasteiger partial charge on any atom is 0.0586 e. The van der Waals surface area contributed by atoms with Crippen LogP contribution >= 0.6 is 11.6 Å². The van der Waals surface area contributed by atoms with Crippen molar-refractivity contribution in [3.8, 4) is 0 Å². The van der Waals surface area contributed by atoms with Crippen LogP contribution < -0.4 is 5.73 Å². The lowest BCUT2D eigenvalue weighted by atomic mass is 10.1. The standard InChI is InChI=1S/C12H16ClN/c13-12(7-6-9-4-5-9)10-2-1-3-11(14)8-10/h1-3,8-9,12H,4-7,14H2. The van der Waals surface area contributed by atoms with Gasteiger partial charge in [-0.2, -0.15) is 0 Å². The molecule has 1 saturated carbocycles. The number of benzene rings is 1. The van der Waals surface area contributed by atoms with Crippen LogP contribution in [-0.2, 0) is 0 Å². The van der Waals surface area contributed by atoms with Gasteiger partial charge in [0.15, 0.2) is 0 Å². The van der Waals surface area contributed by atoms with Crippen LogP contribution in [0.25, 0.3) is 0 Å². The Bertz CT molecular complexity index is 307. The van der Waals surface area contributed by atoms with E-state index < -0.39 is 0 Å². The van der Waals surface area contributed by atoms with Crippen LogP contribution in [0.3, 0.4) is 0 Å². The number of nitrogen functional groups attached to an aromatic ring is 1. The fourth-order valence-electron chi connectivity index (χ4n) is 1.71. The number of halogens is 1. The Hall–Kier alpha value is -0.690. The van der Waals surface area contributed by atoms with Gasteiger partial charge >= 0.3 is 0 Å². The molecule has 76 valence electrons. The maximum atomic E-state index is 6.29. The molecule has 2 rings (SSSR count). The van der Waals surface area contributed by atoms with Crippen LogP contribution in [-0.4, -0.2) is 0 Å². The van der Waals surface area contributed by atoms with Crippen molar-refractivity contribution in [2.24, 2.45) is 5.92 Å². The van der Waals surface area contributed by atoms with E-state index in [1.807, 2.05) is 18.2 Å². The zero-order chi connectivity index (χ0) is 9.97. The molecule has 0 radical (unpaired) electrons. The summed E-state index contributed by atoms with van der Waals surface area (Å²) in [5.41, 5.74) is 7.67. The first kappa shape index (κ1) is 9.85. The smallest absolute Gasteiger partial charge is 0.0586 e. The second-order valence-corrected chi connectivity index (χ2v) is 4.69. The highest BCUT2D eigenvalue weighted by Gasteiger charge is 2.22. The Kier molecular flexibility index (Phi) is 2.97. The van der Waals surface area contributed by atoms with E-state index in [2.05, 4.69) is 6.07 Å². The molecule has 1 aliphatic rings. The van der Waals surface area contributed by atoms with Gasteiger partial charge in [0.25, 0.3) is 0 Å². The monoisotopic (exact) mass is 209 g/mol. The molecule has 0 spiro atoms. The van der Waals surface area contributed by atoms with Crippen LogP contribution in [0.4, 0.5) is 5.69 Å². The van der Waals surface area contributed by atoms with Gasteiger partial charge in [-0.1, -0.05) is 25.0 Å². The Balaban J connectivity index is 1.91. The van der Waals surface area contributed by atoms with Crippen molar-refractivity contribution in [3.63, 3.8) is 0 Å². The van der Waals surface area contributed by atoms with E-state index in [0.29, 0.717) is 0 Å². The predicted molar refractivity (Wildman–Crippen MR) is 61.4 cm³/mol. The molecule has 0 saturated heterocycles. The average Bonchev–Trinajstić information content (AvgIpc) is 2.97. The summed E-state index contributed by atoms with van der Waals surface area (Å²) in [6, 6.07) is 7.90. The van der Waals surface area contributed by atoms with Gasteiger partial charge < -0.3 is 5.73 Å². The van der Waals surface area contributed by atoms with Gasteiger partial charge in [-0.3, -0.25) is 0 Å². The topological polar surface area (TPSA) is 26.0 Å². The summed E-state index contributed by atoms with van der Waals surface area (Å²) < 4.78 is 0. The number of rotatable bonds is 4. The molecule has 0 aromatic heterocycles. The van der Waals surface area contributed by atoms with Crippen molar-refractivity contribution >= 4 is 17.3 Å². The van der Waals surface area contributed by atoms with E-state index >= 15 is 0 Å². The minimum Gasteiger partial charge on any atom is -0.399 e. The summed E-state index contributed by atoms with van der Waals surface area (Å²) in [6.07, 6.45) is 5.15. The summed E-state index contributed by atoms with van der Waals surface area (Å²) in [6.45, 7) is 0. The first-order valence-corrected chi connectivity index (χ1v) is 5.69. The van der Waals surface area contributed by atoms with E-state index in [4.69, 9.17) is 17.3 Å². The van der Waals surface area contributed by atoms with Gasteiger partial charge in [0.1, 0.15) is 0 Å². The fraction of sp³-hybridized carbons (Fsp3) is 0.500. The third-order valence-corrected chi connectivity index (χ3v) is 3.27. The molecule has 0 bridgehead atoms. The molecule has 0 aliphatic heterocycles. The molecule has 0 amide bonds. The van der Waals surface area contributed by atoms with E-state index in [1.54, 1.807) is 0 Å². The zero-order valence-electron chi connectivity index (χ0n) is 8.25. The predicted octanol–water partition coefficient (Wildman–Crippen LogP) is 3.74. The molecule has 1 atom stereocenters. The Morgan fingerprint density at radius 1 is 1.43 bits per heavy atom. The van der Waals surface area contributed by atoms with Crippen LogP contribution in [0, 0.1) is 5.92 Å². The van der Waals surface area contributed by atoms with Crippen LogP contribution in [0.5, 0.6) is 0 Å². The Labute approximate surface area is 90.3 Å².